The van der Waals surface area contributed by atoms with Gasteiger partial charge in [-0.15, -0.1) is 0 Å². The fraction of sp³-hybridized carbons (Fsp3) is 0. The largest absolute Gasteiger partial charge is 0.456 e. The van der Waals surface area contributed by atoms with E-state index in [0.29, 0.717) is 0 Å². The Balaban J connectivity index is 1.05. The first-order valence-corrected chi connectivity index (χ1v) is 18.7. The quantitative estimate of drug-likeness (QED) is 0.173. The van der Waals surface area contributed by atoms with Crippen LogP contribution in [0, 0.1) is 0 Å². The molecule has 258 valence electrons. The Morgan fingerprint density at radius 1 is 0.273 bits per heavy atom. The SMILES string of the molecule is c1ccc(-c2cccc(N(c3ccc(-c4cccc5c4oc4c6ccccc6c(-c6ccccc6)cc54)cc3)c3ccc4c(c3)oc3ccccc34)c2)cc1. The maximum Gasteiger partial charge on any atom is 0.143 e. The van der Waals surface area contributed by atoms with Crippen LogP contribution in [0.1, 0.15) is 0 Å². The molecule has 0 unspecified atom stereocenters. The minimum atomic E-state index is 0.860. The molecule has 0 saturated heterocycles. The lowest BCUT2D eigenvalue weighted by molar-refractivity contribution is 0.669. The highest BCUT2D eigenvalue weighted by Gasteiger charge is 2.19. The number of rotatable bonds is 6. The van der Waals surface area contributed by atoms with Crippen molar-refractivity contribution in [3.05, 3.63) is 200 Å². The van der Waals surface area contributed by atoms with Crippen LogP contribution < -0.4 is 4.90 Å². The van der Waals surface area contributed by atoms with Gasteiger partial charge >= 0.3 is 0 Å². The molecule has 2 heterocycles. The Bertz CT molecular complexity index is 3190. The Morgan fingerprint density at radius 2 is 0.855 bits per heavy atom. The molecular formula is C52H33NO2. The maximum atomic E-state index is 6.86. The number of hydrogen-bond donors (Lipinski definition) is 0. The second-order valence-electron chi connectivity index (χ2n) is 14.1. The van der Waals surface area contributed by atoms with E-state index in [1.165, 1.54) is 22.1 Å². The summed E-state index contributed by atoms with van der Waals surface area (Å²) in [5, 5.41) is 6.76. The van der Waals surface area contributed by atoms with Crippen molar-refractivity contribution in [2.24, 2.45) is 0 Å². The Morgan fingerprint density at radius 3 is 1.67 bits per heavy atom. The highest BCUT2D eigenvalue weighted by atomic mass is 16.3. The summed E-state index contributed by atoms with van der Waals surface area (Å²) in [5.41, 5.74) is 13.6. The molecule has 9 aromatic carbocycles. The summed E-state index contributed by atoms with van der Waals surface area (Å²) >= 11 is 0. The molecule has 55 heavy (non-hydrogen) atoms. The van der Waals surface area contributed by atoms with E-state index in [1.807, 2.05) is 12.1 Å². The lowest BCUT2D eigenvalue weighted by Crippen LogP contribution is -2.10. The van der Waals surface area contributed by atoms with Crippen LogP contribution in [0.4, 0.5) is 17.1 Å². The van der Waals surface area contributed by atoms with Gasteiger partial charge in [0.1, 0.15) is 22.3 Å². The zero-order chi connectivity index (χ0) is 36.3. The van der Waals surface area contributed by atoms with Crippen molar-refractivity contribution in [3.63, 3.8) is 0 Å². The number of para-hydroxylation sites is 2. The molecule has 0 amide bonds. The van der Waals surface area contributed by atoms with E-state index in [0.717, 1.165) is 83.0 Å². The molecular weight excluding hydrogens is 671 g/mol. The van der Waals surface area contributed by atoms with Gasteiger partial charge in [-0.3, -0.25) is 0 Å². The number of benzene rings is 9. The van der Waals surface area contributed by atoms with Crippen LogP contribution >= 0.6 is 0 Å². The van der Waals surface area contributed by atoms with Gasteiger partial charge in [0.2, 0.25) is 0 Å². The first-order valence-electron chi connectivity index (χ1n) is 18.7. The molecule has 0 atom stereocenters. The Hall–Kier alpha value is -7.36. The van der Waals surface area contributed by atoms with E-state index in [9.17, 15) is 0 Å². The minimum Gasteiger partial charge on any atom is -0.456 e. The van der Waals surface area contributed by atoms with Crippen LogP contribution in [0.2, 0.25) is 0 Å². The van der Waals surface area contributed by atoms with Crippen molar-refractivity contribution < 1.29 is 8.83 Å². The molecule has 3 heteroatoms. The van der Waals surface area contributed by atoms with Crippen LogP contribution in [0.3, 0.4) is 0 Å². The van der Waals surface area contributed by atoms with Gasteiger partial charge in [-0.1, -0.05) is 146 Å². The van der Waals surface area contributed by atoms with Crippen molar-refractivity contribution in [2.75, 3.05) is 4.90 Å². The van der Waals surface area contributed by atoms with Gasteiger partial charge in [-0.2, -0.15) is 0 Å². The zero-order valence-corrected chi connectivity index (χ0v) is 29.8. The maximum absolute atomic E-state index is 6.86. The van der Waals surface area contributed by atoms with Crippen molar-refractivity contribution in [1.82, 2.24) is 0 Å². The van der Waals surface area contributed by atoms with E-state index in [1.54, 1.807) is 0 Å². The van der Waals surface area contributed by atoms with Gasteiger partial charge in [0.15, 0.2) is 0 Å². The van der Waals surface area contributed by atoms with Gasteiger partial charge in [-0.25, -0.2) is 0 Å². The molecule has 0 N–H and O–H groups in total. The highest BCUT2D eigenvalue weighted by molar-refractivity contribution is 6.20. The molecule has 0 spiro atoms. The predicted octanol–water partition coefficient (Wildman–Crippen LogP) is 15.1. The topological polar surface area (TPSA) is 29.5 Å². The lowest BCUT2D eigenvalue weighted by atomic mass is 9.95. The molecule has 0 radical (unpaired) electrons. The van der Waals surface area contributed by atoms with Gasteiger partial charge in [0.25, 0.3) is 0 Å². The van der Waals surface area contributed by atoms with Gasteiger partial charge in [0, 0.05) is 55.6 Å². The van der Waals surface area contributed by atoms with Crippen LogP contribution in [0.15, 0.2) is 209 Å². The summed E-state index contributed by atoms with van der Waals surface area (Å²) in [7, 11) is 0. The van der Waals surface area contributed by atoms with Crippen molar-refractivity contribution >= 4 is 71.7 Å². The first kappa shape index (κ1) is 31.2. The molecule has 3 nitrogen and oxygen atoms in total. The van der Waals surface area contributed by atoms with Crippen LogP contribution in [-0.2, 0) is 0 Å². The number of hydrogen-bond acceptors (Lipinski definition) is 3. The van der Waals surface area contributed by atoms with E-state index >= 15 is 0 Å². The summed E-state index contributed by atoms with van der Waals surface area (Å²) in [5.74, 6) is 0. The third-order valence-electron chi connectivity index (χ3n) is 10.9. The lowest BCUT2D eigenvalue weighted by Gasteiger charge is -2.26. The molecule has 0 aliphatic carbocycles. The van der Waals surface area contributed by atoms with Gasteiger partial charge in [0.05, 0.1) is 0 Å². The Kier molecular flexibility index (Phi) is 7.17. The van der Waals surface area contributed by atoms with Crippen molar-refractivity contribution in [3.8, 4) is 33.4 Å². The predicted molar refractivity (Wildman–Crippen MR) is 229 cm³/mol. The first-order chi connectivity index (χ1) is 27.3. The van der Waals surface area contributed by atoms with Crippen LogP contribution in [-0.4, -0.2) is 0 Å². The molecule has 0 fully saturated rings. The van der Waals surface area contributed by atoms with Crippen LogP contribution in [0.5, 0.6) is 0 Å². The van der Waals surface area contributed by atoms with E-state index < -0.39 is 0 Å². The third kappa shape index (κ3) is 5.20. The molecule has 11 aromatic rings. The number of anilines is 3. The van der Waals surface area contributed by atoms with Crippen molar-refractivity contribution in [2.45, 2.75) is 0 Å². The summed E-state index contributed by atoms with van der Waals surface area (Å²) < 4.78 is 13.2. The summed E-state index contributed by atoms with van der Waals surface area (Å²) in [4.78, 5) is 2.31. The molecule has 0 aliphatic heterocycles. The fourth-order valence-corrected chi connectivity index (χ4v) is 8.25. The average Bonchev–Trinajstić information content (AvgIpc) is 3.83. The molecule has 0 saturated carbocycles. The summed E-state index contributed by atoms with van der Waals surface area (Å²) in [6.45, 7) is 0. The number of furan rings is 2. The fourth-order valence-electron chi connectivity index (χ4n) is 8.25. The van der Waals surface area contributed by atoms with E-state index in [-0.39, 0.29) is 0 Å². The highest BCUT2D eigenvalue weighted by Crippen LogP contribution is 2.44. The zero-order valence-electron chi connectivity index (χ0n) is 29.8. The van der Waals surface area contributed by atoms with Gasteiger partial charge < -0.3 is 13.7 Å². The second kappa shape index (κ2) is 12.6. The molecule has 0 bridgehead atoms. The normalized spacial score (nSPS) is 11.6. The Labute approximate surface area is 317 Å². The monoisotopic (exact) mass is 703 g/mol. The number of nitrogens with zero attached hydrogens (tertiary/aromatic N) is 1. The minimum absolute atomic E-state index is 0.860. The smallest absolute Gasteiger partial charge is 0.143 e. The van der Waals surface area contributed by atoms with E-state index in [2.05, 4.69) is 193 Å². The molecule has 0 aliphatic rings. The van der Waals surface area contributed by atoms with Crippen molar-refractivity contribution in [1.29, 1.82) is 0 Å². The van der Waals surface area contributed by atoms with Crippen LogP contribution in [0.25, 0.3) is 88.0 Å². The van der Waals surface area contributed by atoms with Gasteiger partial charge in [-0.05, 0) is 81.7 Å². The number of fused-ring (bicyclic) bond motifs is 8. The summed E-state index contributed by atoms with van der Waals surface area (Å²) in [6.07, 6.45) is 0. The summed E-state index contributed by atoms with van der Waals surface area (Å²) in [6, 6.07) is 70.8. The third-order valence-corrected chi connectivity index (χ3v) is 10.9. The average molecular weight is 704 g/mol. The van der Waals surface area contributed by atoms with E-state index in [4.69, 9.17) is 8.83 Å². The molecule has 2 aromatic heterocycles. The standard InChI is InChI=1S/C52H33NO2/c1-3-13-34(14-4-1)37-17-11-18-39(31-37)53(40-29-30-44-43-20-9-10-24-49(43)54-50(44)32-40)38-27-25-36(26-28-38)41-22-12-23-46-48-33-47(35-15-5-2-6-16-35)42-19-7-8-21-45(42)52(48)55-51(41)46/h1-33H. The second-order valence-corrected chi connectivity index (χ2v) is 14.1. The molecule has 11 rings (SSSR count).